The molecule has 0 radical (unpaired) electrons. The molecule has 1 aliphatic rings. The van der Waals surface area contributed by atoms with Crippen LogP contribution in [0.25, 0.3) is 0 Å². The number of hydrogen-bond acceptors (Lipinski definition) is 2. The fourth-order valence-corrected chi connectivity index (χ4v) is 2.31. The molecule has 0 spiro atoms. The number of hydrogen-bond donors (Lipinski definition) is 2. The van der Waals surface area contributed by atoms with E-state index in [9.17, 15) is 13.6 Å². The molecule has 1 amide bonds. The van der Waals surface area contributed by atoms with E-state index in [0.717, 1.165) is 25.3 Å². The van der Waals surface area contributed by atoms with Crippen molar-refractivity contribution in [2.45, 2.75) is 31.7 Å². The minimum Gasteiger partial charge on any atom is -0.327 e. The largest absolute Gasteiger partial charge is 0.327 e. The third-order valence-corrected chi connectivity index (χ3v) is 3.37. The third kappa shape index (κ3) is 2.67. The molecule has 2 rings (SSSR count). The van der Waals surface area contributed by atoms with Crippen LogP contribution in [0.5, 0.6) is 0 Å². The van der Waals surface area contributed by atoms with Crippen molar-refractivity contribution in [3.8, 4) is 0 Å². The first kappa shape index (κ1) is 13.0. The Labute approximate surface area is 104 Å². The molecule has 2 atom stereocenters. The lowest BCUT2D eigenvalue weighted by atomic mass is 9.84. The standard InChI is InChI=1S/C13H16F2N2O/c14-9-5-3-7-11(12(9)15)17-13(18)8-4-1-2-6-10(8)16/h3,5,7-8,10H,1-2,4,6,16H2,(H,17,18). The number of halogens is 2. The number of amides is 1. The second-order valence-corrected chi connectivity index (χ2v) is 4.65. The minimum absolute atomic E-state index is 0.127. The van der Waals surface area contributed by atoms with Crippen LogP contribution in [0, 0.1) is 17.6 Å². The van der Waals surface area contributed by atoms with E-state index in [1.165, 1.54) is 12.1 Å². The Balaban J connectivity index is 2.09. The maximum absolute atomic E-state index is 13.4. The van der Waals surface area contributed by atoms with Gasteiger partial charge in [0.2, 0.25) is 5.91 Å². The summed E-state index contributed by atoms with van der Waals surface area (Å²) in [4.78, 5) is 12.0. The molecule has 0 heterocycles. The first-order valence-corrected chi connectivity index (χ1v) is 6.10. The van der Waals surface area contributed by atoms with Crippen LogP contribution in [0.1, 0.15) is 25.7 Å². The summed E-state index contributed by atoms with van der Waals surface area (Å²) in [6.07, 6.45) is 3.45. The number of nitrogens with two attached hydrogens (primary N) is 1. The lowest BCUT2D eigenvalue weighted by Gasteiger charge is -2.27. The van der Waals surface area contributed by atoms with Crippen LogP contribution in [0.2, 0.25) is 0 Å². The number of rotatable bonds is 2. The van der Waals surface area contributed by atoms with Gasteiger partial charge in [-0.1, -0.05) is 18.9 Å². The topological polar surface area (TPSA) is 55.1 Å². The number of benzene rings is 1. The molecule has 0 aliphatic heterocycles. The minimum atomic E-state index is -1.03. The van der Waals surface area contributed by atoms with E-state index in [2.05, 4.69) is 5.32 Å². The van der Waals surface area contributed by atoms with Crippen LogP contribution in [0.4, 0.5) is 14.5 Å². The van der Waals surface area contributed by atoms with Crippen LogP contribution in [-0.4, -0.2) is 11.9 Å². The lowest BCUT2D eigenvalue weighted by Crippen LogP contribution is -2.40. The molecule has 1 aromatic carbocycles. The summed E-state index contributed by atoms with van der Waals surface area (Å²) in [5, 5.41) is 2.42. The van der Waals surface area contributed by atoms with Gasteiger partial charge in [0.1, 0.15) is 0 Å². The van der Waals surface area contributed by atoms with Gasteiger partial charge in [-0.3, -0.25) is 4.79 Å². The van der Waals surface area contributed by atoms with Gasteiger partial charge in [-0.15, -0.1) is 0 Å². The molecule has 98 valence electrons. The summed E-state index contributed by atoms with van der Waals surface area (Å²) in [5.41, 5.74) is 5.75. The van der Waals surface area contributed by atoms with Gasteiger partial charge in [-0.05, 0) is 25.0 Å². The van der Waals surface area contributed by atoms with Gasteiger partial charge in [0.15, 0.2) is 11.6 Å². The van der Waals surface area contributed by atoms with E-state index < -0.39 is 11.6 Å². The first-order valence-electron chi connectivity index (χ1n) is 6.10. The Hall–Kier alpha value is -1.49. The number of carbonyl (C=O) groups excluding carboxylic acids is 1. The van der Waals surface area contributed by atoms with Crippen molar-refractivity contribution < 1.29 is 13.6 Å². The lowest BCUT2D eigenvalue weighted by molar-refractivity contribution is -0.121. The zero-order valence-electron chi connectivity index (χ0n) is 9.96. The van der Waals surface area contributed by atoms with Gasteiger partial charge in [0.05, 0.1) is 11.6 Å². The second kappa shape index (κ2) is 5.44. The van der Waals surface area contributed by atoms with Gasteiger partial charge in [0.25, 0.3) is 0 Å². The molecule has 1 saturated carbocycles. The molecule has 2 unspecified atom stereocenters. The average Bonchev–Trinajstić information content (AvgIpc) is 2.35. The quantitative estimate of drug-likeness (QED) is 0.851. The Morgan fingerprint density at radius 2 is 2.00 bits per heavy atom. The zero-order chi connectivity index (χ0) is 13.1. The van der Waals surface area contributed by atoms with Crippen molar-refractivity contribution in [3.05, 3.63) is 29.8 Å². The highest BCUT2D eigenvalue weighted by Crippen LogP contribution is 2.25. The maximum atomic E-state index is 13.4. The van der Waals surface area contributed by atoms with E-state index in [1.807, 2.05) is 0 Å². The fourth-order valence-electron chi connectivity index (χ4n) is 2.31. The smallest absolute Gasteiger partial charge is 0.229 e. The molecule has 5 heteroatoms. The molecule has 1 aromatic rings. The second-order valence-electron chi connectivity index (χ2n) is 4.65. The Morgan fingerprint density at radius 1 is 1.28 bits per heavy atom. The maximum Gasteiger partial charge on any atom is 0.229 e. The highest BCUT2D eigenvalue weighted by Gasteiger charge is 2.28. The van der Waals surface area contributed by atoms with E-state index in [1.54, 1.807) is 0 Å². The van der Waals surface area contributed by atoms with Gasteiger partial charge in [0, 0.05) is 6.04 Å². The van der Waals surface area contributed by atoms with Gasteiger partial charge < -0.3 is 11.1 Å². The molecule has 1 aliphatic carbocycles. The van der Waals surface area contributed by atoms with E-state index >= 15 is 0 Å². The molecular weight excluding hydrogens is 238 g/mol. The average molecular weight is 254 g/mol. The number of anilines is 1. The van der Waals surface area contributed by atoms with Crippen molar-refractivity contribution in [2.24, 2.45) is 11.7 Å². The van der Waals surface area contributed by atoms with Crippen molar-refractivity contribution in [2.75, 3.05) is 5.32 Å². The molecule has 3 nitrogen and oxygen atoms in total. The molecular formula is C13H16F2N2O. The molecule has 1 fully saturated rings. The van der Waals surface area contributed by atoms with Crippen LogP contribution in [-0.2, 0) is 4.79 Å². The fraction of sp³-hybridized carbons (Fsp3) is 0.462. The SMILES string of the molecule is NC1CCCCC1C(=O)Nc1cccc(F)c1F. The predicted octanol–water partition coefficient (Wildman–Crippen LogP) is 2.42. The molecule has 0 bridgehead atoms. The van der Waals surface area contributed by atoms with E-state index in [-0.39, 0.29) is 23.6 Å². The number of nitrogens with one attached hydrogen (secondary N) is 1. The van der Waals surface area contributed by atoms with Crippen molar-refractivity contribution in [3.63, 3.8) is 0 Å². The van der Waals surface area contributed by atoms with Crippen LogP contribution >= 0.6 is 0 Å². The number of carbonyl (C=O) groups is 1. The van der Waals surface area contributed by atoms with Crippen LogP contribution < -0.4 is 11.1 Å². The van der Waals surface area contributed by atoms with Crippen LogP contribution in [0.15, 0.2) is 18.2 Å². The Bertz CT molecular complexity index is 451. The van der Waals surface area contributed by atoms with Gasteiger partial charge in [-0.25, -0.2) is 8.78 Å². The molecule has 0 saturated heterocycles. The molecule has 18 heavy (non-hydrogen) atoms. The highest BCUT2D eigenvalue weighted by molar-refractivity contribution is 5.93. The monoisotopic (exact) mass is 254 g/mol. The zero-order valence-corrected chi connectivity index (χ0v) is 9.96. The van der Waals surface area contributed by atoms with Crippen LogP contribution in [0.3, 0.4) is 0 Å². The van der Waals surface area contributed by atoms with E-state index in [4.69, 9.17) is 5.73 Å². The molecule has 0 aromatic heterocycles. The third-order valence-electron chi connectivity index (χ3n) is 3.37. The summed E-state index contributed by atoms with van der Waals surface area (Å²) >= 11 is 0. The Kier molecular flexibility index (Phi) is 3.91. The summed E-state index contributed by atoms with van der Waals surface area (Å²) in [7, 11) is 0. The van der Waals surface area contributed by atoms with E-state index in [0.29, 0.717) is 6.42 Å². The van der Waals surface area contributed by atoms with Gasteiger partial charge >= 0.3 is 0 Å². The van der Waals surface area contributed by atoms with Crippen molar-refractivity contribution in [1.29, 1.82) is 0 Å². The summed E-state index contributed by atoms with van der Waals surface area (Å²) in [5.74, 6) is -2.65. The summed E-state index contributed by atoms with van der Waals surface area (Å²) < 4.78 is 26.4. The van der Waals surface area contributed by atoms with Crippen molar-refractivity contribution in [1.82, 2.24) is 0 Å². The van der Waals surface area contributed by atoms with Crippen molar-refractivity contribution >= 4 is 11.6 Å². The first-order chi connectivity index (χ1) is 8.59. The predicted molar refractivity (Wildman–Crippen MR) is 64.9 cm³/mol. The normalized spacial score (nSPS) is 23.7. The summed E-state index contributed by atoms with van der Waals surface area (Å²) in [6.45, 7) is 0. The summed E-state index contributed by atoms with van der Waals surface area (Å²) in [6, 6.07) is 3.51. The Morgan fingerprint density at radius 3 is 2.72 bits per heavy atom. The molecule has 3 N–H and O–H groups in total. The highest BCUT2D eigenvalue weighted by atomic mass is 19.2. The van der Waals surface area contributed by atoms with Gasteiger partial charge in [-0.2, -0.15) is 0 Å².